The van der Waals surface area contributed by atoms with Crippen LogP contribution in [0.1, 0.15) is 6.92 Å². The smallest absolute Gasteiger partial charge is 0.0503 e. The second-order valence-electron chi connectivity index (χ2n) is 2.82. The number of allylic oxidation sites excluding steroid dienone is 3. The second kappa shape index (κ2) is 2.90. The van der Waals surface area contributed by atoms with Crippen LogP contribution in [0.3, 0.4) is 0 Å². The quantitative estimate of drug-likeness (QED) is 0.370. The van der Waals surface area contributed by atoms with E-state index >= 15 is 0 Å². The predicted octanol–water partition coefficient (Wildman–Crippen LogP) is 0.177. The summed E-state index contributed by atoms with van der Waals surface area (Å²) in [4.78, 5) is 0. The third-order valence-corrected chi connectivity index (χ3v) is 1.52. The topological polar surface area (TPSA) is 64.1 Å². The van der Waals surface area contributed by atoms with E-state index in [9.17, 15) is 0 Å². The van der Waals surface area contributed by atoms with Crippen molar-refractivity contribution in [2.24, 2.45) is 11.6 Å². The number of nitrogens with one attached hydrogen (secondary N) is 1. The third kappa shape index (κ3) is 2.22. The van der Waals surface area contributed by atoms with E-state index in [1.807, 2.05) is 37.3 Å². The predicted molar refractivity (Wildman–Crippen MR) is 46.3 cm³/mol. The van der Waals surface area contributed by atoms with Crippen molar-refractivity contribution in [2.45, 2.75) is 12.5 Å². The van der Waals surface area contributed by atoms with Crippen molar-refractivity contribution in [2.75, 3.05) is 0 Å². The van der Waals surface area contributed by atoms with Gasteiger partial charge >= 0.3 is 0 Å². The molecular weight excluding hydrogens is 138 g/mol. The molecule has 1 aliphatic carbocycles. The maximum atomic E-state index is 5.82. The highest BCUT2D eigenvalue weighted by atomic mass is 15.2. The molecule has 0 aromatic heterocycles. The Morgan fingerprint density at radius 3 is 2.82 bits per heavy atom. The summed E-state index contributed by atoms with van der Waals surface area (Å²) < 4.78 is 0. The lowest BCUT2D eigenvalue weighted by Crippen LogP contribution is -2.30. The summed E-state index contributed by atoms with van der Waals surface area (Å²) in [6.45, 7) is 1.92. The molecule has 3 heteroatoms. The number of hydrazine groups is 1. The van der Waals surface area contributed by atoms with Gasteiger partial charge in [-0.25, -0.2) is 0 Å². The summed E-state index contributed by atoms with van der Waals surface area (Å²) in [5, 5.41) is 0. The van der Waals surface area contributed by atoms with Crippen LogP contribution in [0.15, 0.2) is 36.1 Å². The van der Waals surface area contributed by atoms with Crippen molar-refractivity contribution >= 4 is 0 Å². The number of hydrogen-bond donors (Lipinski definition) is 3. The van der Waals surface area contributed by atoms with Crippen LogP contribution in [-0.4, -0.2) is 5.54 Å². The second-order valence-corrected chi connectivity index (χ2v) is 2.82. The summed E-state index contributed by atoms with van der Waals surface area (Å²) in [6, 6.07) is 0. The molecule has 0 saturated carbocycles. The lowest BCUT2D eigenvalue weighted by molar-refractivity contribution is 0.735. The zero-order chi connectivity index (χ0) is 8.32. The fourth-order valence-corrected chi connectivity index (χ4v) is 0.836. The molecule has 0 spiro atoms. The Kier molecular flexibility index (Phi) is 2.12. The molecule has 5 N–H and O–H groups in total. The highest BCUT2D eigenvalue weighted by molar-refractivity contribution is 5.32. The van der Waals surface area contributed by atoms with Crippen LogP contribution in [0.5, 0.6) is 0 Å². The summed E-state index contributed by atoms with van der Waals surface area (Å²) in [7, 11) is 0. The van der Waals surface area contributed by atoms with Gasteiger partial charge in [0.2, 0.25) is 0 Å². The Hall–Kier alpha value is -1.06. The SMILES string of the molecule is CC1(N)C=CC=C(NN)C=C1. The van der Waals surface area contributed by atoms with Gasteiger partial charge in [0.05, 0.1) is 5.54 Å². The van der Waals surface area contributed by atoms with E-state index in [0.29, 0.717) is 0 Å². The normalized spacial score (nSPS) is 29.5. The van der Waals surface area contributed by atoms with Gasteiger partial charge in [-0.3, -0.25) is 5.84 Å². The first kappa shape index (κ1) is 8.04. The number of nitrogens with two attached hydrogens (primary N) is 2. The van der Waals surface area contributed by atoms with Gasteiger partial charge in [-0.1, -0.05) is 18.2 Å². The lowest BCUT2D eigenvalue weighted by atomic mass is 10.0. The van der Waals surface area contributed by atoms with Gasteiger partial charge in [0.15, 0.2) is 0 Å². The molecule has 1 unspecified atom stereocenters. The van der Waals surface area contributed by atoms with E-state index in [1.54, 1.807) is 0 Å². The van der Waals surface area contributed by atoms with Crippen molar-refractivity contribution < 1.29 is 0 Å². The van der Waals surface area contributed by atoms with E-state index in [0.717, 1.165) is 5.70 Å². The van der Waals surface area contributed by atoms with Gasteiger partial charge in [-0.15, -0.1) is 0 Å². The van der Waals surface area contributed by atoms with Crippen molar-refractivity contribution in [3.63, 3.8) is 0 Å². The minimum absolute atomic E-state index is 0.366. The molecule has 1 aliphatic rings. The van der Waals surface area contributed by atoms with E-state index in [2.05, 4.69) is 5.43 Å². The van der Waals surface area contributed by atoms with Crippen LogP contribution in [0.4, 0.5) is 0 Å². The first-order valence-electron chi connectivity index (χ1n) is 3.48. The minimum Gasteiger partial charge on any atom is -0.324 e. The molecule has 0 aromatic rings. The maximum absolute atomic E-state index is 5.82. The fraction of sp³-hybridized carbons (Fsp3) is 0.250. The minimum atomic E-state index is -0.366. The fourth-order valence-electron chi connectivity index (χ4n) is 0.836. The highest BCUT2D eigenvalue weighted by Gasteiger charge is 2.09. The van der Waals surface area contributed by atoms with Gasteiger partial charge < -0.3 is 11.2 Å². The Labute approximate surface area is 66.4 Å². The largest absolute Gasteiger partial charge is 0.324 e. The molecule has 1 rings (SSSR count). The van der Waals surface area contributed by atoms with Crippen molar-refractivity contribution in [1.29, 1.82) is 0 Å². The Bertz CT molecular complexity index is 223. The van der Waals surface area contributed by atoms with Crippen LogP contribution >= 0.6 is 0 Å². The highest BCUT2D eigenvalue weighted by Crippen LogP contribution is 2.09. The van der Waals surface area contributed by atoms with Crippen LogP contribution in [0, 0.1) is 0 Å². The summed E-state index contributed by atoms with van der Waals surface area (Å²) in [5.74, 6) is 5.22. The first-order chi connectivity index (χ1) is 5.14. The summed E-state index contributed by atoms with van der Waals surface area (Å²) in [5.41, 5.74) is 8.86. The van der Waals surface area contributed by atoms with Gasteiger partial charge in [-0.05, 0) is 19.1 Å². The third-order valence-electron chi connectivity index (χ3n) is 1.52. The number of hydrogen-bond acceptors (Lipinski definition) is 3. The maximum Gasteiger partial charge on any atom is 0.0503 e. The monoisotopic (exact) mass is 151 g/mol. The Morgan fingerprint density at radius 1 is 1.45 bits per heavy atom. The molecule has 0 heterocycles. The molecule has 1 atom stereocenters. The molecule has 0 aliphatic heterocycles. The Balaban J connectivity index is 2.83. The summed E-state index contributed by atoms with van der Waals surface area (Å²) >= 11 is 0. The van der Waals surface area contributed by atoms with Crippen LogP contribution in [0.2, 0.25) is 0 Å². The van der Waals surface area contributed by atoms with E-state index in [4.69, 9.17) is 11.6 Å². The molecule has 0 saturated heterocycles. The molecule has 60 valence electrons. The zero-order valence-electron chi connectivity index (χ0n) is 6.54. The molecule has 11 heavy (non-hydrogen) atoms. The van der Waals surface area contributed by atoms with Crippen molar-refractivity contribution in [3.05, 3.63) is 36.1 Å². The van der Waals surface area contributed by atoms with Crippen LogP contribution in [0.25, 0.3) is 0 Å². The number of rotatable bonds is 1. The standard InChI is InChI=1S/C8H13N3/c1-8(9)5-2-3-7(11-10)4-6-8/h2-6,11H,9-10H2,1H3. The zero-order valence-corrected chi connectivity index (χ0v) is 6.54. The van der Waals surface area contributed by atoms with Gasteiger partial charge in [0.1, 0.15) is 0 Å². The molecule has 0 amide bonds. The van der Waals surface area contributed by atoms with Gasteiger partial charge in [-0.2, -0.15) is 0 Å². The van der Waals surface area contributed by atoms with Crippen LogP contribution < -0.4 is 17.0 Å². The molecule has 0 bridgehead atoms. The summed E-state index contributed by atoms with van der Waals surface area (Å²) in [6.07, 6.45) is 9.42. The van der Waals surface area contributed by atoms with Crippen LogP contribution in [-0.2, 0) is 0 Å². The molecule has 0 fully saturated rings. The van der Waals surface area contributed by atoms with Crippen molar-refractivity contribution in [3.8, 4) is 0 Å². The van der Waals surface area contributed by atoms with Gasteiger partial charge in [0, 0.05) is 5.70 Å². The van der Waals surface area contributed by atoms with Gasteiger partial charge in [0.25, 0.3) is 0 Å². The molecule has 3 nitrogen and oxygen atoms in total. The first-order valence-corrected chi connectivity index (χ1v) is 3.48. The van der Waals surface area contributed by atoms with Crippen molar-refractivity contribution in [1.82, 2.24) is 5.43 Å². The average Bonchev–Trinajstić information content (AvgIpc) is 2.10. The molecular formula is C8H13N3. The molecule has 0 radical (unpaired) electrons. The molecule has 0 aromatic carbocycles. The lowest BCUT2D eigenvalue weighted by Gasteiger charge is -2.12. The Morgan fingerprint density at radius 2 is 2.18 bits per heavy atom. The van der Waals surface area contributed by atoms with E-state index < -0.39 is 0 Å². The average molecular weight is 151 g/mol. The van der Waals surface area contributed by atoms with E-state index in [-0.39, 0.29) is 5.54 Å². The van der Waals surface area contributed by atoms with E-state index in [1.165, 1.54) is 0 Å².